The molecule has 0 N–H and O–H groups in total. The molecule has 1 rings (SSSR count). The first-order valence-corrected chi connectivity index (χ1v) is 8.93. The molecule has 0 aromatic heterocycles. The fraction of sp³-hybridized carbons (Fsp3) is 0.571. The standard InChI is InChI=1S/C21H30O5/c1-14(2)19(23)25-10-7-8-16-12-21(5,6)13-18(22)17(16)9-11-26-20(24)15(3)4/h1,3,7-13H2,2,4-6H3. The largest absolute Gasteiger partial charge is 0.462 e. The molecule has 144 valence electrons. The van der Waals surface area contributed by atoms with Crippen LogP contribution in [0.5, 0.6) is 0 Å². The Morgan fingerprint density at radius 2 is 1.50 bits per heavy atom. The first-order chi connectivity index (χ1) is 12.0. The monoisotopic (exact) mass is 362 g/mol. The van der Waals surface area contributed by atoms with Crippen LogP contribution in [0.4, 0.5) is 0 Å². The van der Waals surface area contributed by atoms with E-state index in [0.29, 0.717) is 43.4 Å². The highest BCUT2D eigenvalue weighted by Gasteiger charge is 2.32. The van der Waals surface area contributed by atoms with Crippen molar-refractivity contribution >= 4 is 17.7 Å². The quantitative estimate of drug-likeness (QED) is 0.351. The zero-order chi connectivity index (χ0) is 19.9. The van der Waals surface area contributed by atoms with Gasteiger partial charge in [-0.1, -0.05) is 32.6 Å². The maximum Gasteiger partial charge on any atom is 0.333 e. The molecule has 0 saturated carbocycles. The van der Waals surface area contributed by atoms with Crippen LogP contribution in [0.3, 0.4) is 0 Å². The van der Waals surface area contributed by atoms with Gasteiger partial charge in [-0.15, -0.1) is 0 Å². The summed E-state index contributed by atoms with van der Waals surface area (Å²) in [6.07, 6.45) is 3.05. The van der Waals surface area contributed by atoms with E-state index in [4.69, 9.17) is 9.47 Å². The number of rotatable bonds is 9. The number of hydrogen-bond acceptors (Lipinski definition) is 5. The SMILES string of the molecule is C=C(C)C(=O)OCCCC1=C(CCOC(=O)C(=C)C)C(=O)CC(C)(C)C1. The topological polar surface area (TPSA) is 69.7 Å². The Labute approximate surface area is 156 Å². The van der Waals surface area contributed by atoms with Crippen LogP contribution < -0.4 is 0 Å². The summed E-state index contributed by atoms with van der Waals surface area (Å²) in [6.45, 7) is 14.9. The summed E-state index contributed by atoms with van der Waals surface area (Å²) in [5.74, 6) is -0.727. The minimum absolute atomic E-state index is 0.0846. The number of carbonyl (C=O) groups is 3. The summed E-state index contributed by atoms with van der Waals surface area (Å²) < 4.78 is 10.3. The van der Waals surface area contributed by atoms with Gasteiger partial charge in [0.05, 0.1) is 13.2 Å². The van der Waals surface area contributed by atoms with Crippen LogP contribution in [0.2, 0.25) is 0 Å². The summed E-state index contributed by atoms with van der Waals surface area (Å²) in [5, 5.41) is 0. The van der Waals surface area contributed by atoms with Gasteiger partial charge in [0, 0.05) is 24.0 Å². The molecule has 1 aliphatic carbocycles. The van der Waals surface area contributed by atoms with Crippen LogP contribution in [0, 0.1) is 5.41 Å². The van der Waals surface area contributed by atoms with Gasteiger partial charge < -0.3 is 9.47 Å². The zero-order valence-corrected chi connectivity index (χ0v) is 16.4. The fourth-order valence-corrected chi connectivity index (χ4v) is 2.98. The number of hydrogen-bond donors (Lipinski definition) is 0. The third kappa shape index (κ3) is 6.98. The molecule has 0 spiro atoms. The van der Waals surface area contributed by atoms with E-state index in [2.05, 4.69) is 27.0 Å². The highest BCUT2D eigenvalue weighted by molar-refractivity contribution is 5.97. The van der Waals surface area contributed by atoms with Crippen LogP contribution in [0.15, 0.2) is 35.5 Å². The predicted molar refractivity (Wildman–Crippen MR) is 100 cm³/mol. The zero-order valence-electron chi connectivity index (χ0n) is 16.4. The Balaban J connectivity index is 2.71. The van der Waals surface area contributed by atoms with Gasteiger partial charge in [0.15, 0.2) is 5.78 Å². The van der Waals surface area contributed by atoms with Gasteiger partial charge in [-0.3, -0.25) is 4.79 Å². The summed E-state index contributed by atoms with van der Waals surface area (Å²) in [5.41, 5.74) is 2.46. The number of carbonyl (C=O) groups excluding carboxylic acids is 3. The number of Topliss-reactive ketones (excluding diaryl/α,β-unsaturated/α-hetero) is 1. The molecule has 0 aliphatic heterocycles. The first kappa shape index (κ1) is 21.9. The molecule has 0 aromatic rings. The third-order valence-corrected chi connectivity index (χ3v) is 4.23. The van der Waals surface area contributed by atoms with E-state index < -0.39 is 11.9 Å². The van der Waals surface area contributed by atoms with Crippen molar-refractivity contribution in [1.82, 2.24) is 0 Å². The smallest absolute Gasteiger partial charge is 0.333 e. The van der Waals surface area contributed by atoms with Crippen molar-refractivity contribution in [3.8, 4) is 0 Å². The van der Waals surface area contributed by atoms with E-state index in [1.54, 1.807) is 13.8 Å². The maximum atomic E-state index is 12.5. The van der Waals surface area contributed by atoms with E-state index in [1.807, 2.05) is 0 Å². The van der Waals surface area contributed by atoms with Gasteiger partial charge in [-0.05, 0) is 44.1 Å². The Bertz CT molecular complexity index is 637. The average molecular weight is 362 g/mol. The molecule has 0 radical (unpaired) electrons. The number of ketones is 1. The number of esters is 2. The lowest BCUT2D eigenvalue weighted by atomic mass is 9.72. The second kappa shape index (κ2) is 9.51. The van der Waals surface area contributed by atoms with Crippen molar-refractivity contribution in [3.05, 3.63) is 35.5 Å². The van der Waals surface area contributed by atoms with Gasteiger partial charge in [-0.25, -0.2) is 9.59 Å². The van der Waals surface area contributed by atoms with E-state index in [1.165, 1.54) is 0 Å². The summed E-state index contributed by atoms with van der Waals surface area (Å²) >= 11 is 0. The average Bonchev–Trinajstić information content (AvgIpc) is 2.52. The molecule has 5 nitrogen and oxygen atoms in total. The minimum Gasteiger partial charge on any atom is -0.462 e. The van der Waals surface area contributed by atoms with E-state index in [9.17, 15) is 14.4 Å². The molecule has 0 atom stereocenters. The van der Waals surface area contributed by atoms with Crippen molar-refractivity contribution in [2.45, 2.75) is 59.8 Å². The lowest BCUT2D eigenvalue weighted by Gasteiger charge is -2.32. The second-order valence-corrected chi connectivity index (χ2v) is 7.71. The molecular weight excluding hydrogens is 332 g/mol. The van der Waals surface area contributed by atoms with Crippen molar-refractivity contribution in [1.29, 1.82) is 0 Å². The molecule has 1 aliphatic rings. The number of allylic oxidation sites excluding steroid dienone is 1. The molecular formula is C21H30O5. The molecule has 5 heteroatoms. The van der Waals surface area contributed by atoms with Crippen molar-refractivity contribution < 1.29 is 23.9 Å². The third-order valence-electron chi connectivity index (χ3n) is 4.23. The predicted octanol–water partition coefficient (Wildman–Crippen LogP) is 4.08. The van der Waals surface area contributed by atoms with Gasteiger partial charge in [-0.2, -0.15) is 0 Å². The molecule has 0 fully saturated rings. The van der Waals surface area contributed by atoms with Crippen LogP contribution in [0.1, 0.15) is 59.8 Å². The molecule has 0 unspecified atom stereocenters. The molecule has 0 saturated heterocycles. The minimum atomic E-state index is -0.442. The first-order valence-electron chi connectivity index (χ1n) is 8.93. The number of ether oxygens (including phenoxy) is 2. The second-order valence-electron chi connectivity index (χ2n) is 7.71. The maximum absolute atomic E-state index is 12.5. The highest BCUT2D eigenvalue weighted by Crippen LogP contribution is 2.39. The van der Waals surface area contributed by atoms with Crippen molar-refractivity contribution in [2.24, 2.45) is 5.41 Å². The van der Waals surface area contributed by atoms with Crippen molar-refractivity contribution in [2.75, 3.05) is 13.2 Å². The van der Waals surface area contributed by atoms with Gasteiger partial charge >= 0.3 is 11.9 Å². The van der Waals surface area contributed by atoms with Crippen LogP contribution >= 0.6 is 0 Å². The van der Waals surface area contributed by atoms with Crippen LogP contribution in [-0.4, -0.2) is 30.9 Å². The summed E-state index contributed by atoms with van der Waals surface area (Å²) in [4.78, 5) is 35.5. The molecule has 0 heterocycles. The lowest BCUT2D eigenvalue weighted by molar-refractivity contribution is -0.139. The van der Waals surface area contributed by atoms with E-state index in [0.717, 1.165) is 17.6 Å². The van der Waals surface area contributed by atoms with Crippen molar-refractivity contribution in [3.63, 3.8) is 0 Å². The van der Waals surface area contributed by atoms with Gasteiger partial charge in [0.25, 0.3) is 0 Å². The molecule has 0 amide bonds. The highest BCUT2D eigenvalue weighted by atomic mass is 16.5. The van der Waals surface area contributed by atoms with Crippen LogP contribution in [-0.2, 0) is 23.9 Å². The molecule has 0 bridgehead atoms. The van der Waals surface area contributed by atoms with Gasteiger partial charge in [0.2, 0.25) is 0 Å². The van der Waals surface area contributed by atoms with E-state index >= 15 is 0 Å². The lowest BCUT2D eigenvalue weighted by Crippen LogP contribution is -2.27. The Morgan fingerprint density at radius 3 is 2.04 bits per heavy atom. The Hall–Kier alpha value is -2.17. The molecule has 26 heavy (non-hydrogen) atoms. The normalized spacial score (nSPS) is 16.2. The van der Waals surface area contributed by atoms with E-state index in [-0.39, 0.29) is 17.8 Å². The van der Waals surface area contributed by atoms with Gasteiger partial charge in [0.1, 0.15) is 0 Å². The Morgan fingerprint density at radius 1 is 0.962 bits per heavy atom. The fourth-order valence-electron chi connectivity index (χ4n) is 2.98. The summed E-state index contributed by atoms with van der Waals surface area (Å²) in [7, 11) is 0. The summed E-state index contributed by atoms with van der Waals surface area (Å²) in [6, 6.07) is 0. The molecule has 0 aromatic carbocycles. The Kier molecular flexibility index (Phi) is 8.00. The van der Waals surface area contributed by atoms with Crippen LogP contribution in [0.25, 0.3) is 0 Å².